The molecule has 2 aromatic carbocycles. The SMILES string of the molecule is COc1ccc(OC)c(C[NH+]2CCc3ccccc3C2)c1. The van der Waals surface area contributed by atoms with Gasteiger partial charge in [-0.1, -0.05) is 24.3 Å². The van der Waals surface area contributed by atoms with Crippen LogP contribution in [0, 0.1) is 0 Å². The lowest BCUT2D eigenvalue weighted by atomic mass is 9.99. The van der Waals surface area contributed by atoms with Gasteiger partial charge in [-0.05, 0) is 23.8 Å². The molecule has 1 N–H and O–H groups in total. The van der Waals surface area contributed by atoms with Crippen LogP contribution in [-0.2, 0) is 19.5 Å². The van der Waals surface area contributed by atoms with Crippen LogP contribution >= 0.6 is 0 Å². The molecule has 1 aliphatic rings. The van der Waals surface area contributed by atoms with Crippen molar-refractivity contribution in [1.29, 1.82) is 0 Å². The molecular weight excluding hydrogens is 262 g/mol. The minimum atomic E-state index is 0.891. The lowest BCUT2D eigenvalue weighted by Gasteiger charge is -2.26. The molecule has 1 aliphatic heterocycles. The van der Waals surface area contributed by atoms with Gasteiger partial charge in [-0.25, -0.2) is 0 Å². The number of methoxy groups -OCH3 is 2. The predicted octanol–water partition coefficient (Wildman–Crippen LogP) is 1.84. The summed E-state index contributed by atoms with van der Waals surface area (Å²) in [5.74, 6) is 1.84. The molecular formula is C18H22NO2+. The molecule has 3 rings (SSSR count). The van der Waals surface area contributed by atoms with E-state index < -0.39 is 0 Å². The number of nitrogens with one attached hydrogen (secondary N) is 1. The van der Waals surface area contributed by atoms with Crippen LogP contribution in [0.15, 0.2) is 42.5 Å². The summed E-state index contributed by atoms with van der Waals surface area (Å²) in [6, 6.07) is 14.8. The van der Waals surface area contributed by atoms with Crippen LogP contribution in [0.1, 0.15) is 16.7 Å². The molecule has 0 radical (unpaired) electrons. The molecule has 0 bridgehead atoms. The molecule has 110 valence electrons. The maximum Gasteiger partial charge on any atom is 0.127 e. The largest absolute Gasteiger partial charge is 0.497 e. The smallest absolute Gasteiger partial charge is 0.127 e. The Labute approximate surface area is 126 Å². The van der Waals surface area contributed by atoms with E-state index in [9.17, 15) is 0 Å². The van der Waals surface area contributed by atoms with Crippen molar-refractivity contribution < 1.29 is 14.4 Å². The van der Waals surface area contributed by atoms with Crippen molar-refractivity contribution >= 4 is 0 Å². The molecule has 21 heavy (non-hydrogen) atoms. The number of ether oxygens (including phenoxy) is 2. The van der Waals surface area contributed by atoms with Crippen LogP contribution < -0.4 is 14.4 Å². The highest BCUT2D eigenvalue weighted by Gasteiger charge is 2.20. The second-order valence-corrected chi connectivity index (χ2v) is 5.55. The first-order valence-corrected chi connectivity index (χ1v) is 7.41. The van der Waals surface area contributed by atoms with Gasteiger partial charge in [0, 0.05) is 12.0 Å². The average molecular weight is 284 g/mol. The third-order valence-electron chi connectivity index (χ3n) is 4.23. The molecule has 3 heteroatoms. The fraction of sp³-hybridized carbons (Fsp3) is 0.333. The van der Waals surface area contributed by atoms with Crippen LogP contribution in [0.25, 0.3) is 0 Å². The lowest BCUT2D eigenvalue weighted by Crippen LogP contribution is -3.10. The summed E-state index contributed by atoms with van der Waals surface area (Å²) in [5.41, 5.74) is 4.19. The Balaban J connectivity index is 1.78. The van der Waals surface area contributed by atoms with Gasteiger partial charge in [0.1, 0.15) is 24.6 Å². The number of hydrogen-bond acceptors (Lipinski definition) is 2. The molecule has 0 amide bonds. The zero-order valence-electron chi connectivity index (χ0n) is 12.7. The zero-order valence-corrected chi connectivity index (χ0v) is 12.7. The summed E-state index contributed by atoms with van der Waals surface area (Å²) < 4.78 is 10.8. The Hall–Kier alpha value is -2.00. The van der Waals surface area contributed by atoms with E-state index in [1.165, 1.54) is 16.7 Å². The fourth-order valence-electron chi connectivity index (χ4n) is 3.08. The van der Waals surface area contributed by atoms with E-state index in [0.29, 0.717) is 0 Å². The summed E-state index contributed by atoms with van der Waals surface area (Å²) in [5, 5.41) is 0. The fourth-order valence-corrected chi connectivity index (χ4v) is 3.08. The topological polar surface area (TPSA) is 22.9 Å². The number of quaternary nitrogens is 1. The lowest BCUT2D eigenvalue weighted by molar-refractivity contribution is -0.929. The van der Waals surface area contributed by atoms with E-state index in [1.54, 1.807) is 19.1 Å². The van der Waals surface area contributed by atoms with Crippen molar-refractivity contribution in [3.8, 4) is 11.5 Å². The van der Waals surface area contributed by atoms with Gasteiger partial charge in [0.15, 0.2) is 0 Å². The first-order valence-electron chi connectivity index (χ1n) is 7.41. The third-order valence-corrected chi connectivity index (χ3v) is 4.23. The van der Waals surface area contributed by atoms with E-state index in [4.69, 9.17) is 9.47 Å². The van der Waals surface area contributed by atoms with E-state index in [-0.39, 0.29) is 0 Å². The van der Waals surface area contributed by atoms with E-state index in [1.807, 2.05) is 12.1 Å². The number of rotatable bonds is 4. The van der Waals surface area contributed by atoms with Crippen molar-refractivity contribution in [1.82, 2.24) is 0 Å². The van der Waals surface area contributed by atoms with Crippen LogP contribution in [0.5, 0.6) is 11.5 Å². The molecule has 2 aromatic rings. The van der Waals surface area contributed by atoms with E-state index in [0.717, 1.165) is 37.6 Å². The van der Waals surface area contributed by atoms with Gasteiger partial charge < -0.3 is 14.4 Å². The van der Waals surface area contributed by atoms with Crippen LogP contribution in [-0.4, -0.2) is 20.8 Å². The molecule has 3 nitrogen and oxygen atoms in total. The maximum atomic E-state index is 5.49. The van der Waals surface area contributed by atoms with Gasteiger partial charge in [0.25, 0.3) is 0 Å². The molecule has 1 unspecified atom stereocenters. The van der Waals surface area contributed by atoms with Crippen LogP contribution in [0.3, 0.4) is 0 Å². The van der Waals surface area contributed by atoms with Gasteiger partial charge in [-0.2, -0.15) is 0 Å². The van der Waals surface area contributed by atoms with Crippen molar-refractivity contribution in [2.24, 2.45) is 0 Å². The van der Waals surface area contributed by atoms with Gasteiger partial charge in [-0.15, -0.1) is 0 Å². The summed E-state index contributed by atoms with van der Waals surface area (Å²) in [6.07, 6.45) is 1.15. The summed E-state index contributed by atoms with van der Waals surface area (Å²) in [4.78, 5) is 1.57. The van der Waals surface area contributed by atoms with Crippen LogP contribution in [0.2, 0.25) is 0 Å². The van der Waals surface area contributed by atoms with E-state index >= 15 is 0 Å². The summed E-state index contributed by atoms with van der Waals surface area (Å²) in [6.45, 7) is 3.21. The summed E-state index contributed by atoms with van der Waals surface area (Å²) >= 11 is 0. The molecule has 0 spiro atoms. The average Bonchev–Trinajstić information content (AvgIpc) is 2.54. The van der Waals surface area contributed by atoms with Crippen molar-refractivity contribution in [2.75, 3.05) is 20.8 Å². The number of fused-ring (bicyclic) bond motifs is 1. The zero-order chi connectivity index (χ0) is 14.7. The third kappa shape index (κ3) is 3.03. The quantitative estimate of drug-likeness (QED) is 0.926. The first kappa shape index (κ1) is 14.0. The van der Waals surface area contributed by atoms with Crippen LogP contribution in [0.4, 0.5) is 0 Å². The Morgan fingerprint density at radius 3 is 2.57 bits per heavy atom. The molecule has 1 heterocycles. The highest BCUT2D eigenvalue weighted by atomic mass is 16.5. The Bertz CT molecular complexity index is 624. The minimum Gasteiger partial charge on any atom is -0.497 e. The van der Waals surface area contributed by atoms with Gasteiger partial charge in [-0.3, -0.25) is 0 Å². The molecule has 0 fully saturated rings. The minimum absolute atomic E-state index is 0.891. The van der Waals surface area contributed by atoms with E-state index in [2.05, 4.69) is 30.3 Å². The van der Waals surface area contributed by atoms with Crippen molar-refractivity contribution in [2.45, 2.75) is 19.5 Å². The normalized spacial score (nSPS) is 17.1. The Kier molecular flexibility index (Phi) is 4.11. The molecule has 1 atom stereocenters. The molecule has 0 aliphatic carbocycles. The van der Waals surface area contributed by atoms with Gasteiger partial charge >= 0.3 is 0 Å². The second-order valence-electron chi connectivity index (χ2n) is 5.55. The maximum absolute atomic E-state index is 5.49. The second kappa shape index (κ2) is 6.19. The monoisotopic (exact) mass is 284 g/mol. The molecule has 0 saturated carbocycles. The molecule has 0 aromatic heterocycles. The highest BCUT2D eigenvalue weighted by Crippen LogP contribution is 2.23. The van der Waals surface area contributed by atoms with Crippen molar-refractivity contribution in [3.63, 3.8) is 0 Å². The van der Waals surface area contributed by atoms with Gasteiger partial charge in [0.2, 0.25) is 0 Å². The molecule has 0 saturated heterocycles. The first-order chi connectivity index (χ1) is 10.3. The van der Waals surface area contributed by atoms with Crippen molar-refractivity contribution in [3.05, 3.63) is 59.2 Å². The standard InChI is InChI=1S/C18H21NO2/c1-20-17-7-8-18(21-2)16(11-17)13-19-10-9-14-5-3-4-6-15(14)12-19/h3-8,11H,9-10,12-13H2,1-2H3/p+1. The number of hydrogen-bond donors (Lipinski definition) is 1. The Morgan fingerprint density at radius 2 is 1.81 bits per heavy atom. The predicted molar refractivity (Wildman–Crippen MR) is 82.9 cm³/mol. The van der Waals surface area contributed by atoms with Gasteiger partial charge in [0.05, 0.1) is 26.3 Å². The number of benzene rings is 2. The summed E-state index contributed by atoms with van der Waals surface area (Å²) in [7, 11) is 3.43. The Morgan fingerprint density at radius 1 is 1.00 bits per heavy atom. The highest BCUT2D eigenvalue weighted by molar-refractivity contribution is 5.39.